The van der Waals surface area contributed by atoms with Crippen molar-refractivity contribution in [3.05, 3.63) is 108 Å². The van der Waals surface area contributed by atoms with Gasteiger partial charge in [-0.25, -0.2) is 4.98 Å². The molecule has 3 rings (SSSR count). The van der Waals surface area contributed by atoms with E-state index in [0.717, 1.165) is 28.5 Å². The van der Waals surface area contributed by atoms with Crippen molar-refractivity contribution >= 4 is 28.2 Å². The van der Waals surface area contributed by atoms with E-state index >= 15 is 0 Å². The highest BCUT2D eigenvalue weighted by molar-refractivity contribution is 8.10. The minimum Gasteiger partial charge on any atom is -0.376 e. The summed E-state index contributed by atoms with van der Waals surface area (Å²) in [7, 11) is 0. The Balaban J connectivity index is 1.49. The van der Waals surface area contributed by atoms with E-state index in [4.69, 9.17) is 4.74 Å². The molecule has 0 unspecified atom stereocenters. The molecule has 0 aliphatic carbocycles. The number of rotatable bonds is 10. The summed E-state index contributed by atoms with van der Waals surface area (Å²) in [6, 6.07) is 24.6. The first-order valence-electron chi connectivity index (χ1n) is 9.66. The lowest BCUT2D eigenvalue weighted by Crippen LogP contribution is -2.00. The van der Waals surface area contributed by atoms with Crippen molar-refractivity contribution in [2.75, 3.05) is 11.9 Å². The fourth-order valence-corrected chi connectivity index (χ4v) is 3.26. The van der Waals surface area contributed by atoms with Gasteiger partial charge >= 0.3 is 0 Å². The van der Waals surface area contributed by atoms with E-state index in [1.807, 2.05) is 54.8 Å². The summed E-state index contributed by atoms with van der Waals surface area (Å²) < 4.78 is 5.77. The summed E-state index contributed by atoms with van der Waals surface area (Å²) in [6.45, 7) is 7.44. The fourth-order valence-electron chi connectivity index (χ4n) is 2.73. The number of aromatic nitrogens is 1. The van der Waals surface area contributed by atoms with Gasteiger partial charge in [-0.15, -0.1) is 0 Å². The van der Waals surface area contributed by atoms with Gasteiger partial charge in [0.25, 0.3) is 0 Å². The maximum absolute atomic E-state index is 5.77. The number of allylic oxidation sites excluding steroid dienone is 1. The quantitative estimate of drug-likeness (QED) is 0.377. The zero-order chi connectivity index (χ0) is 20.3. The second-order valence-corrected chi connectivity index (χ2v) is 7.53. The number of nitrogens with one attached hydrogen (secondary N) is 1. The van der Waals surface area contributed by atoms with Gasteiger partial charge in [0.1, 0.15) is 5.82 Å². The number of nitrogens with zero attached hydrogens (tertiary/aromatic N) is 1. The van der Waals surface area contributed by atoms with Gasteiger partial charge < -0.3 is 10.1 Å². The summed E-state index contributed by atoms with van der Waals surface area (Å²) in [4.78, 5) is 5.58. The van der Waals surface area contributed by atoms with Crippen LogP contribution < -0.4 is 5.32 Å². The second-order valence-electron chi connectivity index (χ2n) is 6.53. The van der Waals surface area contributed by atoms with E-state index < -0.39 is 0 Å². The number of pyridine rings is 1. The van der Waals surface area contributed by atoms with Crippen molar-refractivity contribution in [1.29, 1.82) is 0 Å². The molecule has 29 heavy (non-hydrogen) atoms. The Labute approximate surface area is 177 Å². The summed E-state index contributed by atoms with van der Waals surface area (Å²) in [6.07, 6.45) is 2.88. The van der Waals surface area contributed by atoms with Crippen LogP contribution in [0.5, 0.6) is 0 Å². The van der Waals surface area contributed by atoms with Crippen LogP contribution in [0.2, 0.25) is 0 Å². The SMILES string of the molecule is C=C(S/C=C\C)c1cccc(Nc2ccc(CCOCc3ccccc3)cc2)n1. The zero-order valence-corrected chi connectivity index (χ0v) is 17.5. The van der Waals surface area contributed by atoms with Crippen molar-refractivity contribution in [1.82, 2.24) is 4.98 Å². The molecule has 148 valence electrons. The number of anilines is 2. The molecule has 4 heteroatoms. The molecule has 1 heterocycles. The lowest BCUT2D eigenvalue weighted by molar-refractivity contribution is 0.124. The smallest absolute Gasteiger partial charge is 0.131 e. The normalized spacial score (nSPS) is 10.9. The van der Waals surface area contributed by atoms with Crippen molar-refractivity contribution < 1.29 is 4.74 Å². The van der Waals surface area contributed by atoms with Gasteiger partial charge in [0.15, 0.2) is 0 Å². The standard InChI is InChI=1S/C25H26N2OS/c1-3-18-29-20(2)24-10-7-11-25(27-24)26-23-14-12-21(13-15-23)16-17-28-19-22-8-5-4-6-9-22/h3-15,18H,2,16-17,19H2,1H3,(H,26,27)/b18-3-. The van der Waals surface area contributed by atoms with Crippen LogP contribution in [0.3, 0.4) is 0 Å². The van der Waals surface area contributed by atoms with E-state index in [9.17, 15) is 0 Å². The Hall–Kier alpha value is -2.82. The third-order valence-electron chi connectivity index (χ3n) is 4.25. The molecule has 0 aliphatic heterocycles. The molecule has 0 saturated heterocycles. The molecule has 0 spiro atoms. The molecule has 0 saturated carbocycles. The molecule has 0 aliphatic rings. The number of thioether (sulfide) groups is 1. The van der Waals surface area contributed by atoms with Gasteiger partial charge in [-0.2, -0.15) is 0 Å². The first-order valence-corrected chi connectivity index (χ1v) is 10.5. The molecule has 0 bridgehead atoms. The predicted molar refractivity (Wildman–Crippen MR) is 125 cm³/mol. The van der Waals surface area contributed by atoms with Crippen LogP contribution in [0, 0.1) is 0 Å². The van der Waals surface area contributed by atoms with E-state index in [0.29, 0.717) is 13.2 Å². The van der Waals surface area contributed by atoms with Gasteiger partial charge in [0, 0.05) is 10.6 Å². The van der Waals surface area contributed by atoms with Crippen LogP contribution in [0.25, 0.3) is 4.91 Å². The first kappa shape index (κ1) is 20.9. The predicted octanol–water partition coefficient (Wildman–Crippen LogP) is 6.82. The van der Waals surface area contributed by atoms with Crippen LogP contribution in [-0.4, -0.2) is 11.6 Å². The van der Waals surface area contributed by atoms with Crippen molar-refractivity contribution in [3.8, 4) is 0 Å². The molecular weight excluding hydrogens is 376 g/mol. The van der Waals surface area contributed by atoms with Crippen molar-refractivity contribution in [3.63, 3.8) is 0 Å². The van der Waals surface area contributed by atoms with E-state index in [-0.39, 0.29) is 0 Å². The summed E-state index contributed by atoms with van der Waals surface area (Å²) >= 11 is 1.58. The van der Waals surface area contributed by atoms with Crippen LogP contribution in [0.4, 0.5) is 11.5 Å². The highest BCUT2D eigenvalue weighted by atomic mass is 32.2. The number of hydrogen-bond donors (Lipinski definition) is 1. The second kappa shape index (κ2) is 11.2. The topological polar surface area (TPSA) is 34.1 Å². The Morgan fingerprint density at radius 1 is 1.00 bits per heavy atom. The Morgan fingerprint density at radius 2 is 1.79 bits per heavy atom. The maximum Gasteiger partial charge on any atom is 0.131 e. The molecule has 0 amide bonds. The Morgan fingerprint density at radius 3 is 2.55 bits per heavy atom. The maximum atomic E-state index is 5.77. The fraction of sp³-hybridized carbons (Fsp3) is 0.160. The summed E-state index contributed by atoms with van der Waals surface area (Å²) in [5.74, 6) is 0.809. The van der Waals surface area contributed by atoms with Crippen LogP contribution in [0.1, 0.15) is 23.7 Å². The first-order chi connectivity index (χ1) is 14.2. The molecule has 0 atom stereocenters. The van der Waals surface area contributed by atoms with Gasteiger partial charge in [-0.05, 0) is 54.1 Å². The molecule has 3 aromatic rings. The van der Waals surface area contributed by atoms with Crippen LogP contribution >= 0.6 is 11.8 Å². The minimum absolute atomic E-state index is 0.653. The molecule has 2 aromatic carbocycles. The van der Waals surface area contributed by atoms with Gasteiger partial charge in [0.2, 0.25) is 0 Å². The highest BCUT2D eigenvalue weighted by Crippen LogP contribution is 2.26. The molecular formula is C25H26N2OS. The third-order valence-corrected chi connectivity index (χ3v) is 5.16. The van der Waals surface area contributed by atoms with Gasteiger partial charge in [0.05, 0.1) is 18.9 Å². The van der Waals surface area contributed by atoms with Crippen molar-refractivity contribution in [2.45, 2.75) is 20.0 Å². The van der Waals surface area contributed by atoms with Gasteiger partial charge in [-0.3, -0.25) is 0 Å². The molecule has 0 radical (unpaired) electrons. The molecule has 0 fully saturated rings. The van der Waals surface area contributed by atoms with Gasteiger partial charge in [-0.1, -0.05) is 72.9 Å². The zero-order valence-electron chi connectivity index (χ0n) is 16.7. The van der Waals surface area contributed by atoms with E-state index in [2.05, 4.69) is 53.3 Å². The van der Waals surface area contributed by atoms with E-state index in [1.165, 1.54) is 11.1 Å². The molecule has 1 N–H and O–H groups in total. The average Bonchev–Trinajstić information content (AvgIpc) is 2.77. The number of hydrogen-bond acceptors (Lipinski definition) is 4. The lowest BCUT2D eigenvalue weighted by Gasteiger charge is -2.09. The molecule has 1 aromatic heterocycles. The van der Waals surface area contributed by atoms with E-state index in [1.54, 1.807) is 11.8 Å². The summed E-state index contributed by atoms with van der Waals surface area (Å²) in [5, 5.41) is 5.37. The van der Waals surface area contributed by atoms with Crippen LogP contribution in [-0.2, 0) is 17.8 Å². The minimum atomic E-state index is 0.653. The third kappa shape index (κ3) is 6.93. The average molecular weight is 403 g/mol. The largest absolute Gasteiger partial charge is 0.376 e. The number of ether oxygens (including phenoxy) is 1. The Kier molecular flexibility index (Phi) is 8.11. The lowest BCUT2D eigenvalue weighted by atomic mass is 10.1. The molecule has 3 nitrogen and oxygen atoms in total. The van der Waals surface area contributed by atoms with Crippen LogP contribution in [0.15, 0.2) is 90.9 Å². The Bertz CT molecular complexity index is 937. The monoisotopic (exact) mass is 402 g/mol. The highest BCUT2D eigenvalue weighted by Gasteiger charge is 2.03. The number of benzene rings is 2. The van der Waals surface area contributed by atoms with Crippen molar-refractivity contribution in [2.24, 2.45) is 0 Å². The summed E-state index contributed by atoms with van der Waals surface area (Å²) in [5.41, 5.74) is 4.34.